The van der Waals surface area contributed by atoms with Gasteiger partial charge in [0.15, 0.2) is 5.96 Å². The number of hydrogen-bond donors (Lipinski definition) is 2. The van der Waals surface area contributed by atoms with Gasteiger partial charge in [-0.25, -0.2) is 0 Å². The van der Waals surface area contributed by atoms with E-state index in [1.165, 1.54) is 5.56 Å². The molecule has 1 aliphatic carbocycles. The minimum Gasteiger partial charge on any atom is -0.376 e. The Morgan fingerprint density at radius 2 is 2.20 bits per heavy atom. The van der Waals surface area contributed by atoms with Gasteiger partial charge in [0.1, 0.15) is 0 Å². The van der Waals surface area contributed by atoms with E-state index in [1.807, 2.05) is 0 Å². The molecule has 5 heteroatoms. The van der Waals surface area contributed by atoms with Crippen LogP contribution in [0.4, 0.5) is 0 Å². The molecular formula is C15H20BrN3O. The van der Waals surface area contributed by atoms with Crippen LogP contribution in [0, 0.1) is 0 Å². The molecule has 1 aromatic rings. The summed E-state index contributed by atoms with van der Waals surface area (Å²) in [6.07, 6.45) is 3.62. The van der Waals surface area contributed by atoms with E-state index in [4.69, 9.17) is 10.5 Å². The molecule has 1 aromatic carbocycles. The van der Waals surface area contributed by atoms with E-state index < -0.39 is 0 Å². The third-order valence-electron chi connectivity index (χ3n) is 3.91. The standard InChI is InChI=1S/C15H20BrN3O/c16-11-5-3-10(4-6-11)13-8-14(13)19-15(17)18-9-12-2-1-7-20-12/h3-6,12-14H,1-2,7-9H2,(H3,17,18,19)/t12?,13-,14+/m0/s1. The summed E-state index contributed by atoms with van der Waals surface area (Å²) in [6, 6.07) is 8.91. The predicted molar refractivity (Wildman–Crippen MR) is 83.9 cm³/mol. The van der Waals surface area contributed by atoms with Gasteiger partial charge in [-0.3, -0.25) is 4.99 Å². The molecule has 3 rings (SSSR count). The molecule has 0 amide bonds. The second kappa shape index (κ2) is 6.14. The maximum atomic E-state index is 5.93. The molecule has 1 saturated heterocycles. The van der Waals surface area contributed by atoms with Crippen LogP contribution < -0.4 is 11.1 Å². The van der Waals surface area contributed by atoms with Crippen molar-refractivity contribution in [3.63, 3.8) is 0 Å². The number of guanidine groups is 1. The Bertz CT molecular complexity index is 482. The molecule has 4 nitrogen and oxygen atoms in total. The summed E-state index contributed by atoms with van der Waals surface area (Å²) in [6.45, 7) is 1.54. The van der Waals surface area contributed by atoms with Crippen LogP contribution in [-0.2, 0) is 4.74 Å². The van der Waals surface area contributed by atoms with Crippen molar-refractivity contribution in [2.45, 2.75) is 37.3 Å². The lowest BCUT2D eigenvalue weighted by Gasteiger charge is -2.08. The Hall–Kier alpha value is -1.07. The highest BCUT2D eigenvalue weighted by atomic mass is 79.9. The number of benzene rings is 1. The zero-order valence-electron chi connectivity index (χ0n) is 11.4. The average Bonchev–Trinajstić information content (AvgIpc) is 3.00. The smallest absolute Gasteiger partial charge is 0.188 e. The number of nitrogens with one attached hydrogen (secondary N) is 1. The molecule has 1 aliphatic heterocycles. The number of aliphatic imine (C=N–C) groups is 1. The lowest BCUT2D eigenvalue weighted by Crippen LogP contribution is -2.34. The highest BCUT2D eigenvalue weighted by molar-refractivity contribution is 9.10. The monoisotopic (exact) mass is 337 g/mol. The first-order valence-electron chi connectivity index (χ1n) is 7.16. The fourth-order valence-electron chi connectivity index (χ4n) is 2.66. The van der Waals surface area contributed by atoms with Gasteiger partial charge in [0.05, 0.1) is 12.6 Å². The maximum absolute atomic E-state index is 5.93. The first kappa shape index (κ1) is 13.9. The van der Waals surface area contributed by atoms with Crippen molar-refractivity contribution in [3.05, 3.63) is 34.3 Å². The lowest BCUT2D eigenvalue weighted by molar-refractivity contribution is 0.118. The number of hydrogen-bond acceptors (Lipinski definition) is 2. The molecule has 2 fully saturated rings. The van der Waals surface area contributed by atoms with E-state index in [-0.39, 0.29) is 6.10 Å². The number of nitrogens with zero attached hydrogens (tertiary/aromatic N) is 1. The summed E-state index contributed by atoms with van der Waals surface area (Å²) in [7, 11) is 0. The van der Waals surface area contributed by atoms with Gasteiger partial charge in [0.25, 0.3) is 0 Å². The molecule has 2 aliphatic rings. The van der Waals surface area contributed by atoms with E-state index >= 15 is 0 Å². The van der Waals surface area contributed by atoms with Crippen molar-refractivity contribution in [3.8, 4) is 0 Å². The van der Waals surface area contributed by atoms with Gasteiger partial charge in [0, 0.05) is 23.0 Å². The van der Waals surface area contributed by atoms with Gasteiger partial charge in [0.2, 0.25) is 0 Å². The van der Waals surface area contributed by atoms with Crippen LogP contribution in [0.2, 0.25) is 0 Å². The van der Waals surface area contributed by atoms with Crippen LogP contribution in [0.1, 0.15) is 30.7 Å². The summed E-state index contributed by atoms with van der Waals surface area (Å²) in [4.78, 5) is 4.38. The fraction of sp³-hybridized carbons (Fsp3) is 0.533. The molecule has 0 radical (unpaired) electrons. The van der Waals surface area contributed by atoms with Gasteiger partial charge < -0.3 is 15.8 Å². The second-order valence-corrected chi connectivity index (χ2v) is 6.42. The highest BCUT2D eigenvalue weighted by Gasteiger charge is 2.38. The first-order chi connectivity index (χ1) is 9.72. The molecule has 3 N–H and O–H groups in total. The molecule has 1 saturated carbocycles. The zero-order chi connectivity index (χ0) is 13.9. The minimum absolute atomic E-state index is 0.261. The van der Waals surface area contributed by atoms with E-state index in [0.29, 0.717) is 24.5 Å². The Morgan fingerprint density at radius 3 is 2.90 bits per heavy atom. The molecule has 0 aromatic heterocycles. The molecule has 0 bridgehead atoms. The number of rotatable bonds is 4. The molecule has 1 unspecified atom stereocenters. The number of ether oxygens (including phenoxy) is 1. The van der Waals surface area contributed by atoms with E-state index in [1.54, 1.807) is 0 Å². The normalized spacial score (nSPS) is 29.4. The summed E-state index contributed by atoms with van der Waals surface area (Å²) >= 11 is 3.46. The third kappa shape index (κ3) is 3.52. The summed E-state index contributed by atoms with van der Waals surface area (Å²) in [5.41, 5.74) is 7.29. The third-order valence-corrected chi connectivity index (χ3v) is 4.44. The van der Waals surface area contributed by atoms with E-state index in [9.17, 15) is 0 Å². The SMILES string of the molecule is NC(=NCC1CCCO1)N[C@@H]1C[C@H]1c1ccc(Br)cc1. The molecule has 0 spiro atoms. The largest absolute Gasteiger partial charge is 0.376 e. The summed E-state index contributed by atoms with van der Waals surface area (Å²) < 4.78 is 6.65. The average molecular weight is 338 g/mol. The predicted octanol–water partition coefficient (Wildman–Crippen LogP) is 2.39. The van der Waals surface area contributed by atoms with E-state index in [2.05, 4.69) is 50.5 Å². The van der Waals surface area contributed by atoms with Crippen LogP contribution in [-0.4, -0.2) is 31.3 Å². The van der Waals surface area contributed by atoms with Crippen molar-refractivity contribution >= 4 is 21.9 Å². The Balaban J connectivity index is 1.47. The van der Waals surface area contributed by atoms with Crippen molar-refractivity contribution in [1.82, 2.24) is 5.32 Å². The van der Waals surface area contributed by atoms with Crippen molar-refractivity contribution < 1.29 is 4.74 Å². The molecular weight excluding hydrogens is 318 g/mol. The van der Waals surface area contributed by atoms with Crippen LogP contribution in [0.15, 0.2) is 33.7 Å². The van der Waals surface area contributed by atoms with Gasteiger partial charge in [-0.2, -0.15) is 0 Å². The van der Waals surface area contributed by atoms with Gasteiger partial charge in [-0.15, -0.1) is 0 Å². The molecule has 3 atom stereocenters. The number of nitrogens with two attached hydrogens (primary N) is 1. The maximum Gasteiger partial charge on any atom is 0.188 e. The van der Waals surface area contributed by atoms with Crippen molar-refractivity contribution in [2.24, 2.45) is 10.7 Å². The first-order valence-corrected chi connectivity index (χ1v) is 7.95. The Morgan fingerprint density at radius 1 is 1.40 bits per heavy atom. The fourth-order valence-corrected chi connectivity index (χ4v) is 2.92. The Labute approximate surface area is 127 Å². The van der Waals surface area contributed by atoms with Crippen LogP contribution in [0.5, 0.6) is 0 Å². The lowest BCUT2D eigenvalue weighted by atomic mass is 10.1. The quantitative estimate of drug-likeness (QED) is 0.655. The van der Waals surface area contributed by atoms with Crippen molar-refractivity contribution in [2.75, 3.05) is 13.2 Å². The van der Waals surface area contributed by atoms with Gasteiger partial charge in [-0.05, 0) is 37.0 Å². The van der Waals surface area contributed by atoms with Gasteiger partial charge >= 0.3 is 0 Å². The van der Waals surface area contributed by atoms with E-state index in [0.717, 1.165) is 30.3 Å². The van der Waals surface area contributed by atoms with Crippen LogP contribution in [0.3, 0.4) is 0 Å². The van der Waals surface area contributed by atoms with Crippen LogP contribution >= 0.6 is 15.9 Å². The van der Waals surface area contributed by atoms with Gasteiger partial charge in [-0.1, -0.05) is 28.1 Å². The zero-order valence-corrected chi connectivity index (χ0v) is 13.0. The minimum atomic E-state index is 0.261. The van der Waals surface area contributed by atoms with Crippen molar-refractivity contribution in [1.29, 1.82) is 0 Å². The molecule has 1 heterocycles. The molecule has 108 valence electrons. The molecule has 20 heavy (non-hydrogen) atoms. The second-order valence-electron chi connectivity index (χ2n) is 5.51. The summed E-state index contributed by atoms with van der Waals surface area (Å²) in [5, 5.41) is 3.30. The Kier molecular flexibility index (Phi) is 4.27. The summed E-state index contributed by atoms with van der Waals surface area (Å²) in [5.74, 6) is 1.10. The van der Waals surface area contributed by atoms with Crippen LogP contribution in [0.25, 0.3) is 0 Å². The number of halogens is 1. The highest BCUT2D eigenvalue weighted by Crippen LogP contribution is 2.40. The topological polar surface area (TPSA) is 59.6 Å².